The van der Waals surface area contributed by atoms with Crippen molar-refractivity contribution >= 4 is 11.6 Å². The molecule has 0 aromatic rings. The number of rotatable bonds is 5. The normalized spacial score (nSPS) is 10.8. The molecule has 0 aliphatic carbocycles. The molecule has 0 amide bonds. The molecule has 12 heavy (non-hydrogen) atoms. The lowest BCUT2D eigenvalue weighted by Crippen LogP contribution is -2.27. The number of Topliss-reactive ketones (excluding diaryl/α,β-unsaturated/α-hetero) is 2. The summed E-state index contributed by atoms with van der Waals surface area (Å²) in [5, 5.41) is 0. The molecule has 0 aromatic heterocycles. The van der Waals surface area contributed by atoms with Crippen LogP contribution < -0.4 is 0 Å². The average Bonchev–Trinajstić information content (AvgIpc) is 2.03. The van der Waals surface area contributed by atoms with Crippen molar-refractivity contribution in [3.63, 3.8) is 0 Å². The van der Waals surface area contributed by atoms with E-state index in [1.165, 1.54) is 0 Å². The Bertz CT molecular complexity index is 155. The molecule has 0 unspecified atom stereocenters. The number of carbonyl (C=O) groups is 2. The highest BCUT2D eigenvalue weighted by Crippen LogP contribution is 2.16. The molecule has 0 N–H and O–H groups in total. The van der Waals surface area contributed by atoms with E-state index in [1.807, 2.05) is 13.8 Å². The molecule has 0 rings (SSSR count). The van der Waals surface area contributed by atoms with Gasteiger partial charge in [-0.2, -0.15) is 0 Å². The van der Waals surface area contributed by atoms with Crippen molar-refractivity contribution in [1.29, 1.82) is 0 Å². The van der Waals surface area contributed by atoms with E-state index in [0.29, 0.717) is 12.8 Å². The third-order valence-corrected chi connectivity index (χ3v) is 2.06. The molecule has 0 saturated heterocycles. The van der Waals surface area contributed by atoms with Gasteiger partial charge in [-0.15, -0.1) is 0 Å². The highest BCUT2D eigenvalue weighted by Gasteiger charge is 2.26. The molecule has 0 aliphatic rings. The van der Waals surface area contributed by atoms with Gasteiger partial charge < -0.3 is 0 Å². The van der Waals surface area contributed by atoms with E-state index in [4.69, 9.17) is 0 Å². The van der Waals surface area contributed by atoms with E-state index in [9.17, 15) is 9.59 Å². The summed E-state index contributed by atoms with van der Waals surface area (Å²) in [4.78, 5) is 22.7. The van der Waals surface area contributed by atoms with Gasteiger partial charge in [0.05, 0.1) is 5.92 Å². The minimum atomic E-state index is -0.361. The van der Waals surface area contributed by atoms with Crippen molar-refractivity contribution in [3.05, 3.63) is 0 Å². The molecular formula is C10H18O2. The molecule has 0 aromatic carbocycles. The number of carbonyl (C=O) groups excluding carboxylic acids is 2. The molecule has 70 valence electrons. The Kier molecular flexibility index (Phi) is 4.79. The fourth-order valence-corrected chi connectivity index (χ4v) is 1.36. The van der Waals surface area contributed by atoms with E-state index in [1.54, 1.807) is 13.8 Å². The molecule has 0 atom stereocenters. The predicted octanol–water partition coefficient (Wildman–Crippen LogP) is 2.22. The van der Waals surface area contributed by atoms with Gasteiger partial charge in [-0.1, -0.05) is 27.7 Å². The molecule has 0 saturated carbocycles. The zero-order valence-electron chi connectivity index (χ0n) is 8.39. The smallest absolute Gasteiger partial charge is 0.143 e. The zero-order valence-corrected chi connectivity index (χ0v) is 8.39. The summed E-state index contributed by atoms with van der Waals surface area (Å²) in [5.41, 5.74) is 0. The first-order chi connectivity index (χ1) is 5.54. The van der Waals surface area contributed by atoms with Crippen LogP contribution in [0.15, 0.2) is 0 Å². The van der Waals surface area contributed by atoms with Gasteiger partial charge in [0.15, 0.2) is 0 Å². The van der Waals surface area contributed by atoms with Crippen LogP contribution >= 0.6 is 0 Å². The van der Waals surface area contributed by atoms with Crippen LogP contribution in [0.4, 0.5) is 0 Å². The summed E-state index contributed by atoms with van der Waals surface area (Å²) in [6, 6.07) is 0. The molecule has 0 fully saturated rings. The standard InChI is InChI=1S/C10H18O2/c1-5-8(11)10(7(3)4)9(12)6-2/h7,10H,5-6H2,1-4H3. The van der Waals surface area contributed by atoms with Gasteiger partial charge in [-0.3, -0.25) is 9.59 Å². The predicted molar refractivity (Wildman–Crippen MR) is 48.9 cm³/mol. The lowest BCUT2D eigenvalue weighted by Gasteiger charge is -2.16. The van der Waals surface area contributed by atoms with Gasteiger partial charge in [0.2, 0.25) is 0 Å². The largest absolute Gasteiger partial charge is 0.299 e. The highest BCUT2D eigenvalue weighted by atomic mass is 16.1. The maximum absolute atomic E-state index is 11.3. The topological polar surface area (TPSA) is 34.1 Å². The first-order valence-electron chi connectivity index (χ1n) is 4.59. The summed E-state index contributed by atoms with van der Waals surface area (Å²) < 4.78 is 0. The summed E-state index contributed by atoms with van der Waals surface area (Å²) in [6.45, 7) is 7.46. The number of hydrogen-bond acceptors (Lipinski definition) is 2. The molecule has 0 spiro atoms. The Balaban J connectivity index is 4.43. The van der Waals surface area contributed by atoms with Crippen molar-refractivity contribution in [1.82, 2.24) is 0 Å². The molecule has 2 nitrogen and oxygen atoms in total. The molecule has 0 radical (unpaired) electrons. The summed E-state index contributed by atoms with van der Waals surface area (Å²) in [5.74, 6) is -0.0569. The van der Waals surface area contributed by atoms with Crippen molar-refractivity contribution in [2.45, 2.75) is 40.5 Å². The maximum atomic E-state index is 11.3. The Labute approximate surface area is 74.3 Å². The Hall–Kier alpha value is -0.660. The third kappa shape index (κ3) is 2.76. The van der Waals surface area contributed by atoms with Gasteiger partial charge in [0.25, 0.3) is 0 Å². The monoisotopic (exact) mass is 170 g/mol. The molecule has 0 heterocycles. The van der Waals surface area contributed by atoms with Crippen LogP contribution in [-0.4, -0.2) is 11.6 Å². The fraction of sp³-hybridized carbons (Fsp3) is 0.800. The first-order valence-corrected chi connectivity index (χ1v) is 4.59. The van der Waals surface area contributed by atoms with Crippen LogP contribution in [0.2, 0.25) is 0 Å². The van der Waals surface area contributed by atoms with Crippen molar-refractivity contribution in [3.8, 4) is 0 Å². The molecule has 2 heteroatoms. The van der Waals surface area contributed by atoms with Crippen molar-refractivity contribution in [2.75, 3.05) is 0 Å². The van der Waals surface area contributed by atoms with Crippen molar-refractivity contribution in [2.24, 2.45) is 11.8 Å². The van der Waals surface area contributed by atoms with E-state index < -0.39 is 0 Å². The Morgan fingerprint density at radius 3 is 1.50 bits per heavy atom. The Morgan fingerprint density at radius 1 is 1.00 bits per heavy atom. The second-order valence-corrected chi connectivity index (χ2v) is 3.36. The van der Waals surface area contributed by atoms with Crippen molar-refractivity contribution < 1.29 is 9.59 Å². The lowest BCUT2D eigenvalue weighted by atomic mass is 9.85. The van der Waals surface area contributed by atoms with Gasteiger partial charge in [0, 0.05) is 12.8 Å². The summed E-state index contributed by atoms with van der Waals surface area (Å²) >= 11 is 0. The highest BCUT2D eigenvalue weighted by molar-refractivity contribution is 6.02. The Morgan fingerprint density at radius 2 is 1.33 bits per heavy atom. The second-order valence-electron chi connectivity index (χ2n) is 3.36. The second kappa shape index (κ2) is 5.07. The van der Waals surface area contributed by atoms with E-state index in [0.717, 1.165) is 0 Å². The van der Waals surface area contributed by atoms with Gasteiger partial charge >= 0.3 is 0 Å². The summed E-state index contributed by atoms with van der Waals surface area (Å²) in [7, 11) is 0. The van der Waals surface area contributed by atoms with Crippen LogP contribution in [0.25, 0.3) is 0 Å². The summed E-state index contributed by atoms with van der Waals surface area (Å²) in [6.07, 6.45) is 0.934. The van der Waals surface area contributed by atoms with E-state index in [-0.39, 0.29) is 23.4 Å². The van der Waals surface area contributed by atoms with Gasteiger partial charge in [-0.05, 0) is 5.92 Å². The van der Waals surface area contributed by atoms with Crippen LogP contribution in [-0.2, 0) is 9.59 Å². The van der Waals surface area contributed by atoms with Crippen LogP contribution in [0.1, 0.15) is 40.5 Å². The van der Waals surface area contributed by atoms with Gasteiger partial charge in [0.1, 0.15) is 11.6 Å². The quantitative estimate of drug-likeness (QED) is 0.593. The van der Waals surface area contributed by atoms with E-state index in [2.05, 4.69) is 0 Å². The average molecular weight is 170 g/mol. The maximum Gasteiger partial charge on any atom is 0.143 e. The SMILES string of the molecule is CCC(=O)C(C(=O)CC)C(C)C. The molecule has 0 bridgehead atoms. The lowest BCUT2D eigenvalue weighted by molar-refractivity contribution is -0.134. The zero-order chi connectivity index (χ0) is 9.72. The molecular weight excluding hydrogens is 152 g/mol. The third-order valence-electron chi connectivity index (χ3n) is 2.06. The number of ketones is 2. The fourth-order valence-electron chi connectivity index (χ4n) is 1.36. The van der Waals surface area contributed by atoms with Crippen LogP contribution in [0, 0.1) is 11.8 Å². The van der Waals surface area contributed by atoms with Gasteiger partial charge in [-0.25, -0.2) is 0 Å². The molecule has 0 aliphatic heterocycles. The van der Waals surface area contributed by atoms with E-state index >= 15 is 0 Å². The minimum absolute atomic E-state index is 0.0804. The van der Waals surface area contributed by atoms with Crippen LogP contribution in [0.3, 0.4) is 0 Å². The number of hydrogen-bond donors (Lipinski definition) is 0. The minimum Gasteiger partial charge on any atom is -0.299 e. The first kappa shape index (κ1) is 11.3. The van der Waals surface area contributed by atoms with Crippen LogP contribution in [0.5, 0.6) is 0 Å².